The highest BCUT2D eigenvalue weighted by Crippen LogP contribution is 2.21. The molecular weight excluding hydrogens is 322 g/mol. The summed E-state index contributed by atoms with van der Waals surface area (Å²) >= 11 is 5.85. The standard InChI is InChI=1S/C16H22ClNO5/c1-11-7-12(17)5-6-14(11)22-10-16(21)23-13(8-15(19)20)9-18(2,3)4/h5-7,13H,8-10H2,1-4H3. The molecule has 0 heterocycles. The smallest absolute Gasteiger partial charge is 0.344 e. The van der Waals surface area contributed by atoms with Crippen molar-refractivity contribution >= 4 is 23.5 Å². The third-order valence-electron chi connectivity index (χ3n) is 2.93. The van der Waals surface area contributed by atoms with Crippen molar-refractivity contribution in [3.05, 3.63) is 28.8 Å². The molecule has 0 aliphatic heterocycles. The zero-order valence-electron chi connectivity index (χ0n) is 13.8. The summed E-state index contributed by atoms with van der Waals surface area (Å²) in [4.78, 5) is 22.7. The highest BCUT2D eigenvalue weighted by atomic mass is 35.5. The second-order valence-corrected chi connectivity index (χ2v) is 6.80. The molecule has 128 valence electrons. The van der Waals surface area contributed by atoms with Crippen LogP contribution in [0, 0.1) is 6.92 Å². The summed E-state index contributed by atoms with van der Waals surface area (Å²) in [5.41, 5.74) is 0.794. The molecule has 1 atom stereocenters. The lowest BCUT2D eigenvalue weighted by Crippen LogP contribution is -2.45. The number of hydrogen-bond acceptors (Lipinski definition) is 5. The molecule has 0 amide bonds. The van der Waals surface area contributed by atoms with Gasteiger partial charge < -0.3 is 23.9 Å². The van der Waals surface area contributed by atoms with Gasteiger partial charge in [-0.15, -0.1) is 0 Å². The Morgan fingerprint density at radius 2 is 1.96 bits per heavy atom. The highest BCUT2D eigenvalue weighted by Gasteiger charge is 2.22. The Balaban J connectivity index is 2.59. The van der Waals surface area contributed by atoms with Gasteiger partial charge in [-0.2, -0.15) is 0 Å². The number of halogens is 1. The first-order chi connectivity index (χ1) is 10.6. The van der Waals surface area contributed by atoms with Crippen molar-refractivity contribution in [3.8, 4) is 5.75 Å². The van der Waals surface area contributed by atoms with Crippen molar-refractivity contribution in [2.24, 2.45) is 0 Å². The summed E-state index contributed by atoms with van der Waals surface area (Å²) < 4.78 is 11.0. The molecule has 7 heteroatoms. The average Bonchev–Trinajstić information content (AvgIpc) is 2.34. The number of benzene rings is 1. The van der Waals surface area contributed by atoms with Crippen LogP contribution in [-0.2, 0) is 14.3 Å². The van der Waals surface area contributed by atoms with Gasteiger partial charge in [0.05, 0.1) is 21.1 Å². The van der Waals surface area contributed by atoms with Gasteiger partial charge in [0.1, 0.15) is 12.3 Å². The number of likely N-dealkylation sites (N-methyl/N-ethyl adjacent to an activating group) is 1. The molecule has 1 aromatic carbocycles. The second kappa shape index (κ2) is 8.17. The molecule has 6 nitrogen and oxygen atoms in total. The zero-order chi connectivity index (χ0) is 17.6. The lowest BCUT2D eigenvalue weighted by atomic mass is 10.2. The zero-order valence-corrected chi connectivity index (χ0v) is 14.6. The van der Waals surface area contributed by atoms with Gasteiger partial charge in [0, 0.05) is 17.4 Å². The molecule has 0 aliphatic carbocycles. The first-order valence-electron chi connectivity index (χ1n) is 7.15. The molecule has 0 saturated heterocycles. The molecule has 1 rings (SSSR count). The van der Waals surface area contributed by atoms with Crippen LogP contribution < -0.4 is 9.84 Å². The van der Waals surface area contributed by atoms with Crippen molar-refractivity contribution in [2.75, 3.05) is 34.3 Å². The largest absolute Gasteiger partial charge is 0.550 e. The van der Waals surface area contributed by atoms with Crippen LogP contribution in [0.2, 0.25) is 5.02 Å². The molecule has 0 aliphatic rings. The molecule has 0 saturated carbocycles. The van der Waals surface area contributed by atoms with Crippen LogP contribution in [0.5, 0.6) is 5.75 Å². The number of rotatable bonds is 8. The third-order valence-corrected chi connectivity index (χ3v) is 3.16. The van der Waals surface area contributed by atoms with Crippen LogP contribution in [0.25, 0.3) is 0 Å². The maximum Gasteiger partial charge on any atom is 0.344 e. The molecule has 0 bridgehead atoms. The summed E-state index contributed by atoms with van der Waals surface area (Å²) in [7, 11) is 5.64. The van der Waals surface area contributed by atoms with Gasteiger partial charge in [0.25, 0.3) is 0 Å². The molecule has 0 spiro atoms. The van der Waals surface area contributed by atoms with Crippen LogP contribution >= 0.6 is 11.6 Å². The van der Waals surface area contributed by atoms with Crippen LogP contribution in [0.4, 0.5) is 0 Å². The molecule has 0 fully saturated rings. The number of ether oxygens (including phenoxy) is 2. The maximum absolute atomic E-state index is 11.9. The minimum Gasteiger partial charge on any atom is -0.550 e. The number of aliphatic carboxylic acids is 1. The first-order valence-corrected chi connectivity index (χ1v) is 7.53. The van der Waals surface area contributed by atoms with E-state index in [1.54, 1.807) is 18.2 Å². The van der Waals surface area contributed by atoms with Crippen molar-refractivity contribution < 1.29 is 28.7 Å². The third kappa shape index (κ3) is 7.85. The normalized spacial score (nSPS) is 12.6. The Bertz CT molecular complexity index is 568. The number of nitrogens with zero attached hydrogens (tertiary/aromatic N) is 1. The molecule has 0 radical (unpaired) electrons. The number of carboxylic acid groups (broad SMARTS) is 1. The fraction of sp³-hybridized carbons (Fsp3) is 0.500. The number of carbonyl (C=O) groups excluding carboxylic acids is 2. The van der Waals surface area contributed by atoms with E-state index < -0.39 is 18.0 Å². The fourth-order valence-corrected chi connectivity index (χ4v) is 2.30. The summed E-state index contributed by atoms with van der Waals surface area (Å²) in [6.45, 7) is 1.87. The Labute approximate surface area is 141 Å². The molecule has 1 unspecified atom stereocenters. The van der Waals surface area contributed by atoms with E-state index in [1.165, 1.54) is 0 Å². The van der Waals surface area contributed by atoms with E-state index in [-0.39, 0.29) is 13.0 Å². The van der Waals surface area contributed by atoms with E-state index in [9.17, 15) is 14.7 Å². The predicted molar refractivity (Wildman–Crippen MR) is 84.1 cm³/mol. The lowest BCUT2D eigenvalue weighted by molar-refractivity contribution is -0.873. The number of carboxylic acids is 1. The van der Waals surface area contributed by atoms with E-state index in [1.807, 2.05) is 28.1 Å². The molecule has 1 aromatic rings. The molecular formula is C16H22ClNO5. The Kier molecular flexibility index (Phi) is 6.84. The SMILES string of the molecule is Cc1cc(Cl)ccc1OCC(=O)OC(CC(=O)[O-])C[N+](C)(C)C. The maximum atomic E-state index is 11.9. The Morgan fingerprint density at radius 3 is 2.48 bits per heavy atom. The van der Waals surface area contributed by atoms with E-state index in [4.69, 9.17) is 21.1 Å². The summed E-state index contributed by atoms with van der Waals surface area (Å²) in [5.74, 6) is -1.36. The highest BCUT2D eigenvalue weighted by molar-refractivity contribution is 6.30. The number of quaternary nitrogens is 1. The topological polar surface area (TPSA) is 75.7 Å². The van der Waals surface area contributed by atoms with Crippen LogP contribution in [-0.4, -0.2) is 56.8 Å². The second-order valence-electron chi connectivity index (χ2n) is 6.36. The van der Waals surface area contributed by atoms with Crippen LogP contribution in [0.3, 0.4) is 0 Å². The van der Waals surface area contributed by atoms with Gasteiger partial charge in [0.15, 0.2) is 12.7 Å². The number of hydrogen-bond donors (Lipinski definition) is 0. The van der Waals surface area contributed by atoms with Crippen LogP contribution in [0.1, 0.15) is 12.0 Å². The molecule has 0 aromatic heterocycles. The minimum absolute atomic E-state index is 0.302. The number of aryl methyl sites for hydroxylation is 1. The first kappa shape index (κ1) is 19.3. The minimum atomic E-state index is -1.26. The van der Waals surface area contributed by atoms with Crippen molar-refractivity contribution in [2.45, 2.75) is 19.4 Å². The average molecular weight is 344 g/mol. The summed E-state index contributed by atoms with van der Waals surface area (Å²) in [5, 5.41) is 11.4. The summed E-state index contributed by atoms with van der Waals surface area (Å²) in [6, 6.07) is 5.04. The Morgan fingerprint density at radius 1 is 1.30 bits per heavy atom. The molecule has 23 heavy (non-hydrogen) atoms. The summed E-state index contributed by atoms with van der Waals surface area (Å²) in [6.07, 6.45) is -1.11. The quantitative estimate of drug-likeness (QED) is 0.515. The lowest BCUT2D eigenvalue weighted by Gasteiger charge is -2.29. The van der Waals surface area contributed by atoms with E-state index in [0.29, 0.717) is 21.8 Å². The monoisotopic (exact) mass is 343 g/mol. The van der Waals surface area contributed by atoms with Gasteiger partial charge in [-0.05, 0) is 30.7 Å². The predicted octanol–water partition coefficient (Wildman–Crippen LogP) is 0.785. The van der Waals surface area contributed by atoms with Crippen molar-refractivity contribution in [1.82, 2.24) is 0 Å². The Hall–Kier alpha value is -1.79. The van der Waals surface area contributed by atoms with Crippen molar-refractivity contribution in [3.63, 3.8) is 0 Å². The van der Waals surface area contributed by atoms with E-state index in [0.717, 1.165) is 5.56 Å². The number of carbonyl (C=O) groups is 2. The van der Waals surface area contributed by atoms with Gasteiger partial charge >= 0.3 is 5.97 Å². The van der Waals surface area contributed by atoms with Gasteiger partial charge in [-0.1, -0.05) is 11.6 Å². The fourth-order valence-electron chi connectivity index (χ4n) is 2.07. The van der Waals surface area contributed by atoms with Gasteiger partial charge in [-0.3, -0.25) is 0 Å². The van der Waals surface area contributed by atoms with Crippen LogP contribution in [0.15, 0.2) is 18.2 Å². The number of esters is 1. The van der Waals surface area contributed by atoms with E-state index in [2.05, 4.69) is 0 Å². The van der Waals surface area contributed by atoms with Crippen molar-refractivity contribution in [1.29, 1.82) is 0 Å². The molecule has 0 N–H and O–H groups in total. The van der Waals surface area contributed by atoms with Gasteiger partial charge in [-0.25, -0.2) is 4.79 Å². The van der Waals surface area contributed by atoms with E-state index >= 15 is 0 Å². The van der Waals surface area contributed by atoms with Gasteiger partial charge in [0.2, 0.25) is 0 Å².